The minimum Gasteiger partial charge on any atom is -0.412 e. The number of aromatic nitrogens is 2. The van der Waals surface area contributed by atoms with Crippen LogP contribution in [0, 0.1) is 6.92 Å². The minimum atomic E-state index is -0.0705. The number of carbonyl (C=O) groups excluding carboxylic acids is 1. The van der Waals surface area contributed by atoms with Crippen molar-refractivity contribution in [3.63, 3.8) is 0 Å². The Hall–Kier alpha value is -2.57. The molecule has 128 valence electrons. The van der Waals surface area contributed by atoms with Gasteiger partial charge in [-0.2, -0.15) is 0 Å². The zero-order valence-corrected chi connectivity index (χ0v) is 14.6. The molecule has 6 heteroatoms. The van der Waals surface area contributed by atoms with Gasteiger partial charge in [-0.05, 0) is 31.2 Å². The normalized spacial score (nSPS) is 15.3. The summed E-state index contributed by atoms with van der Waals surface area (Å²) in [5, 5.41) is 3.26. The van der Waals surface area contributed by atoms with E-state index in [4.69, 9.17) is 0 Å². The molecule has 2 aromatic heterocycles. The van der Waals surface area contributed by atoms with Gasteiger partial charge in [0.1, 0.15) is 5.37 Å². The monoisotopic (exact) mass is 353 g/mol. The summed E-state index contributed by atoms with van der Waals surface area (Å²) in [5.41, 5.74) is 5.03. The first-order chi connectivity index (χ1) is 11.7. The van der Waals surface area contributed by atoms with Gasteiger partial charge in [0.25, 0.3) is 5.91 Å². The van der Waals surface area contributed by atoms with Gasteiger partial charge >= 0.3 is 0 Å². The van der Waals surface area contributed by atoms with Crippen molar-refractivity contribution in [1.82, 2.24) is 9.55 Å². The van der Waals surface area contributed by atoms with Gasteiger partial charge in [0.15, 0.2) is 0 Å². The third kappa shape index (κ3) is 3.31. The number of nitrogens with zero attached hydrogens (tertiary/aromatic N) is 2. The first-order valence-electron chi connectivity index (χ1n) is 7.81. The van der Waals surface area contributed by atoms with Crippen molar-refractivity contribution in [3.8, 4) is 0 Å². The summed E-state index contributed by atoms with van der Waals surface area (Å²) < 4.78 is 2.21. The van der Waals surface area contributed by atoms with E-state index in [0.717, 1.165) is 22.7 Å². The van der Waals surface area contributed by atoms with E-state index in [1.54, 1.807) is 6.20 Å². The number of pyridine rings is 1. The standard InChI is InChI=1S/C19H17N3OS.H2O/c1-13-4-6-14(7-5-13)18(23)21-16-8-10-22-17(16)12-24-19(22)15-3-2-9-20-11-15;/h2-11,19H,12H2,1H3,(H,21,23);1H2. The number of nitrogens with one attached hydrogen (secondary N) is 1. The van der Waals surface area contributed by atoms with Crippen molar-refractivity contribution < 1.29 is 10.3 Å². The summed E-state index contributed by atoms with van der Waals surface area (Å²) >= 11 is 1.84. The highest BCUT2D eigenvalue weighted by atomic mass is 32.2. The highest BCUT2D eigenvalue weighted by Crippen LogP contribution is 2.43. The second-order valence-electron chi connectivity index (χ2n) is 5.85. The Labute approximate surface area is 150 Å². The Morgan fingerprint density at radius 1 is 1.24 bits per heavy atom. The summed E-state index contributed by atoms with van der Waals surface area (Å²) in [7, 11) is 0. The van der Waals surface area contributed by atoms with Crippen molar-refractivity contribution in [2.45, 2.75) is 18.1 Å². The molecule has 0 aliphatic carbocycles. The van der Waals surface area contributed by atoms with Crippen molar-refractivity contribution in [2.75, 3.05) is 5.32 Å². The molecule has 3 heterocycles. The van der Waals surface area contributed by atoms with Gasteiger partial charge in [-0.3, -0.25) is 9.78 Å². The van der Waals surface area contributed by atoms with E-state index in [2.05, 4.69) is 20.9 Å². The van der Waals surface area contributed by atoms with Gasteiger partial charge in [0, 0.05) is 35.5 Å². The molecule has 1 aliphatic rings. The molecule has 0 radical (unpaired) electrons. The molecule has 1 aromatic carbocycles. The number of hydrogen-bond acceptors (Lipinski definition) is 3. The molecule has 25 heavy (non-hydrogen) atoms. The molecule has 1 amide bonds. The molecule has 0 saturated carbocycles. The molecule has 0 saturated heterocycles. The van der Waals surface area contributed by atoms with E-state index < -0.39 is 0 Å². The Morgan fingerprint density at radius 3 is 2.76 bits per heavy atom. The molecule has 1 atom stereocenters. The highest BCUT2D eigenvalue weighted by Gasteiger charge is 2.26. The molecule has 1 aliphatic heterocycles. The van der Waals surface area contributed by atoms with Gasteiger partial charge in [-0.25, -0.2) is 0 Å². The number of hydrogen-bond donors (Lipinski definition) is 1. The van der Waals surface area contributed by atoms with E-state index in [9.17, 15) is 4.79 Å². The number of thioether (sulfide) groups is 1. The van der Waals surface area contributed by atoms with Crippen LogP contribution in [0.15, 0.2) is 61.1 Å². The lowest BCUT2D eigenvalue weighted by atomic mass is 10.1. The Balaban J connectivity index is 0.00000182. The number of carbonyl (C=O) groups is 1. The molecule has 0 spiro atoms. The van der Waals surface area contributed by atoms with E-state index in [0.29, 0.717) is 5.56 Å². The third-order valence-corrected chi connectivity index (χ3v) is 5.44. The van der Waals surface area contributed by atoms with Crippen molar-refractivity contribution in [1.29, 1.82) is 0 Å². The zero-order chi connectivity index (χ0) is 16.5. The average Bonchev–Trinajstić information content (AvgIpc) is 3.19. The first kappa shape index (κ1) is 17.3. The number of benzene rings is 1. The van der Waals surface area contributed by atoms with Crippen LogP contribution >= 0.6 is 11.8 Å². The number of rotatable bonds is 3. The fraction of sp³-hybridized carbons (Fsp3) is 0.158. The lowest BCUT2D eigenvalue weighted by molar-refractivity contribution is 0.102. The summed E-state index contributed by atoms with van der Waals surface area (Å²) in [4.78, 5) is 16.6. The Bertz CT molecular complexity index is 875. The second kappa shape index (κ2) is 7.13. The minimum absolute atomic E-state index is 0. The predicted octanol–water partition coefficient (Wildman–Crippen LogP) is 3.41. The molecular formula is C19H19N3O2S. The molecule has 4 rings (SSSR count). The maximum absolute atomic E-state index is 12.4. The number of aryl methyl sites for hydroxylation is 1. The summed E-state index contributed by atoms with van der Waals surface area (Å²) in [6.07, 6.45) is 5.72. The fourth-order valence-corrected chi connectivity index (χ4v) is 4.19. The van der Waals surface area contributed by atoms with E-state index >= 15 is 0 Å². The third-order valence-electron chi connectivity index (χ3n) is 4.19. The largest absolute Gasteiger partial charge is 0.412 e. The van der Waals surface area contributed by atoms with Crippen LogP contribution in [0.5, 0.6) is 0 Å². The average molecular weight is 353 g/mol. The van der Waals surface area contributed by atoms with Gasteiger partial charge in [0.2, 0.25) is 0 Å². The Morgan fingerprint density at radius 2 is 2.04 bits per heavy atom. The van der Waals surface area contributed by atoms with E-state index in [-0.39, 0.29) is 16.8 Å². The maximum atomic E-state index is 12.4. The second-order valence-corrected chi connectivity index (χ2v) is 6.92. The summed E-state index contributed by atoms with van der Waals surface area (Å²) in [5.74, 6) is 0.801. The van der Waals surface area contributed by atoms with Gasteiger partial charge in [0.05, 0.1) is 11.4 Å². The SMILES string of the molecule is Cc1ccc(C(=O)Nc2ccn3c2CSC3c2cccnc2)cc1.O. The van der Waals surface area contributed by atoms with Crippen LogP contribution in [0.4, 0.5) is 5.69 Å². The maximum Gasteiger partial charge on any atom is 0.255 e. The molecular weight excluding hydrogens is 334 g/mol. The molecule has 1 unspecified atom stereocenters. The molecule has 3 N–H and O–H groups in total. The summed E-state index contributed by atoms with van der Waals surface area (Å²) in [6, 6.07) is 13.6. The topological polar surface area (TPSA) is 78.4 Å². The zero-order valence-electron chi connectivity index (χ0n) is 13.8. The fourth-order valence-electron chi connectivity index (χ4n) is 2.88. The van der Waals surface area contributed by atoms with Crippen LogP contribution in [-0.4, -0.2) is 20.9 Å². The van der Waals surface area contributed by atoms with E-state index in [1.807, 2.05) is 67.5 Å². The van der Waals surface area contributed by atoms with Crippen LogP contribution in [0.1, 0.15) is 32.6 Å². The van der Waals surface area contributed by atoms with Crippen molar-refractivity contribution in [2.24, 2.45) is 0 Å². The van der Waals surface area contributed by atoms with Crippen LogP contribution in [0.3, 0.4) is 0 Å². The van der Waals surface area contributed by atoms with Crippen molar-refractivity contribution >= 4 is 23.4 Å². The summed E-state index contributed by atoms with van der Waals surface area (Å²) in [6.45, 7) is 2.01. The highest BCUT2D eigenvalue weighted by molar-refractivity contribution is 7.99. The molecule has 5 nitrogen and oxygen atoms in total. The van der Waals surface area contributed by atoms with Crippen LogP contribution in [0.2, 0.25) is 0 Å². The molecule has 0 bridgehead atoms. The van der Waals surface area contributed by atoms with Gasteiger partial charge in [-0.1, -0.05) is 23.8 Å². The molecule has 0 fully saturated rings. The van der Waals surface area contributed by atoms with Gasteiger partial charge < -0.3 is 15.4 Å². The van der Waals surface area contributed by atoms with Crippen LogP contribution in [-0.2, 0) is 5.75 Å². The van der Waals surface area contributed by atoms with Gasteiger partial charge in [-0.15, -0.1) is 11.8 Å². The quantitative estimate of drug-likeness (QED) is 0.784. The van der Waals surface area contributed by atoms with E-state index in [1.165, 1.54) is 5.56 Å². The first-order valence-corrected chi connectivity index (χ1v) is 8.86. The number of amides is 1. The number of anilines is 1. The lowest BCUT2D eigenvalue weighted by Gasteiger charge is -2.12. The lowest BCUT2D eigenvalue weighted by Crippen LogP contribution is -2.12. The Kier molecular flexibility index (Phi) is 4.92. The van der Waals surface area contributed by atoms with Crippen LogP contribution in [0.25, 0.3) is 0 Å². The molecule has 3 aromatic rings. The smallest absolute Gasteiger partial charge is 0.255 e. The number of fused-ring (bicyclic) bond motifs is 1. The van der Waals surface area contributed by atoms with Crippen LogP contribution < -0.4 is 5.32 Å². The predicted molar refractivity (Wildman–Crippen MR) is 101 cm³/mol. The van der Waals surface area contributed by atoms with Crippen molar-refractivity contribution in [3.05, 3.63) is 83.4 Å².